The number of anilines is 2. The van der Waals surface area contributed by atoms with Crippen molar-refractivity contribution in [1.29, 1.82) is 0 Å². The quantitative estimate of drug-likeness (QED) is 0.687. The van der Waals surface area contributed by atoms with E-state index in [0.29, 0.717) is 11.3 Å². The summed E-state index contributed by atoms with van der Waals surface area (Å²) in [4.78, 5) is 16.4. The van der Waals surface area contributed by atoms with Gasteiger partial charge in [0.25, 0.3) is 5.91 Å². The van der Waals surface area contributed by atoms with Crippen molar-refractivity contribution in [3.8, 4) is 5.75 Å². The van der Waals surface area contributed by atoms with Crippen LogP contribution in [-0.2, 0) is 6.54 Å². The van der Waals surface area contributed by atoms with Gasteiger partial charge in [0.15, 0.2) is 0 Å². The van der Waals surface area contributed by atoms with E-state index in [-0.39, 0.29) is 24.0 Å². The highest BCUT2D eigenvalue weighted by Crippen LogP contribution is 2.28. The number of ether oxygens (including phenoxy) is 1. The van der Waals surface area contributed by atoms with Crippen LogP contribution in [0.1, 0.15) is 21.6 Å². The van der Waals surface area contributed by atoms with Crippen molar-refractivity contribution < 1.29 is 13.9 Å². The Balaban J connectivity index is 1.65. The Morgan fingerprint density at radius 2 is 1.96 bits per heavy atom. The number of hydrogen-bond donors (Lipinski definition) is 2. The summed E-state index contributed by atoms with van der Waals surface area (Å²) in [7, 11) is 1.61. The van der Waals surface area contributed by atoms with Crippen LogP contribution in [0.3, 0.4) is 0 Å². The van der Waals surface area contributed by atoms with Gasteiger partial charge >= 0.3 is 0 Å². The molecule has 5 nitrogen and oxygen atoms in total. The minimum atomic E-state index is -0.363. The number of hydrogen-bond acceptors (Lipinski definition) is 4. The molecule has 6 heteroatoms. The minimum absolute atomic E-state index is 0.105. The molecular weight excluding hydrogens is 345 g/mol. The first-order valence-corrected chi connectivity index (χ1v) is 8.46. The lowest BCUT2D eigenvalue weighted by Crippen LogP contribution is -2.24. The summed E-state index contributed by atoms with van der Waals surface area (Å²) in [5.41, 5.74) is 3.32. The molecule has 1 heterocycles. The molecule has 3 aromatic rings. The molecule has 27 heavy (non-hydrogen) atoms. The van der Waals surface area contributed by atoms with E-state index in [4.69, 9.17) is 4.74 Å². The fourth-order valence-electron chi connectivity index (χ4n) is 2.58. The molecule has 0 aliphatic carbocycles. The van der Waals surface area contributed by atoms with Crippen LogP contribution in [0, 0.1) is 12.7 Å². The Kier molecular flexibility index (Phi) is 5.66. The molecular formula is C21H20FN3O2. The number of aromatic nitrogens is 1. The van der Waals surface area contributed by atoms with Crippen LogP contribution in [0.4, 0.5) is 15.8 Å². The van der Waals surface area contributed by atoms with Crippen molar-refractivity contribution in [1.82, 2.24) is 10.3 Å². The Hall–Kier alpha value is -3.41. The lowest BCUT2D eigenvalue weighted by atomic mass is 10.2. The third-order valence-corrected chi connectivity index (χ3v) is 4.03. The largest absolute Gasteiger partial charge is 0.495 e. The summed E-state index contributed by atoms with van der Waals surface area (Å²) >= 11 is 0. The molecule has 138 valence electrons. The predicted molar refractivity (Wildman–Crippen MR) is 103 cm³/mol. The molecule has 2 N–H and O–H groups in total. The number of nitrogens with zero attached hydrogens (tertiary/aromatic N) is 1. The first-order valence-electron chi connectivity index (χ1n) is 8.46. The molecule has 0 aliphatic heterocycles. The third-order valence-electron chi connectivity index (χ3n) is 4.03. The molecule has 3 rings (SSSR count). The molecule has 0 atom stereocenters. The van der Waals surface area contributed by atoms with Crippen molar-refractivity contribution in [2.75, 3.05) is 12.4 Å². The highest BCUT2D eigenvalue weighted by Gasteiger charge is 2.09. The average molecular weight is 365 g/mol. The normalized spacial score (nSPS) is 10.3. The minimum Gasteiger partial charge on any atom is -0.495 e. The molecule has 0 unspecified atom stereocenters. The number of halogens is 1. The van der Waals surface area contributed by atoms with Gasteiger partial charge in [0.1, 0.15) is 17.3 Å². The van der Waals surface area contributed by atoms with Crippen molar-refractivity contribution in [3.63, 3.8) is 0 Å². The van der Waals surface area contributed by atoms with Crippen molar-refractivity contribution >= 4 is 17.3 Å². The van der Waals surface area contributed by atoms with Crippen LogP contribution >= 0.6 is 0 Å². The zero-order valence-corrected chi connectivity index (χ0v) is 15.1. The second kappa shape index (κ2) is 8.31. The third kappa shape index (κ3) is 4.61. The van der Waals surface area contributed by atoms with E-state index < -0.39 is 0 Å². The number of rotatable bonds is 6. The SMILES string of the molecule is COc1ccc(C)cc1Nc1ccc(C(=O)NCc2ccccc2F)nc1. The maximum Gasteiger partial charge on any atom is 0.270 e. The molecule has 0 bridgehead atoms. The van der Waals surface area contributed by atoms with Crippen LogP contribution in [0.15, 0.2) is 60.8 Å². The predicted octanol–water partition coefficient (Wildman–Crippen LogP) is 4.21. The lowest BCUT2D eigenvalue weighted by Gasteiger charge is -2.12. The van der Waals surface area contributed by atoms with Gasteiger partial charge in [-0.15, -0.1) is 0 Å². The summed E-state index contributed by atoms with van der Waals surface area (Å²) in [5, 5.41) is 5.90. The monoisotopic (exact) mass is 365 g/mol. The number of benzene rings is 2. The van der Waals surface area contributed by atoms with Gasteiger partial charge in [-0.2, -0.15) is 0 Å². The average Bonchev–Trinajstić information content (AvgIpc) is 2.68. The number of methoxy groups -OCH3 is 1. The lowest BCUT2D eigenvalue weighted by molar-refractivity contribution is 0.0945. The summed E-state index contributed by atoms with van der Waals surface area (Å²) in [5.74, 6) is 0.00246. The summed E-state index contributed by atoms with van der Waals surface area (Å²) in [6, 6.07) is 15.5. The number of nitrogens with one attached hydrogen (secondary N) is 2. The summed E-state index contributed by atoms with van der Waals surface area (Å²) < 4.78 is 18.9. The number of amides is 1. The molecule has 0 spiro atoms. The van der Waals surface area contributed by atoms with Crippen LogP contribution in [0.25, 0.3) is 0 Å². The van der Waals surface area contributed by atoms with E-state index in [1.165, 1.54) is 6.07 Å². The van der Waals surface area contributed by atoms with Gasteiger partial charge < -0.3 is 15.4 Å². The van der Waals surface area contributed by atoms with E-state index in [1.54, 1.807) is 43.6 Å². The van der Waals surface area contributed by atoms with Gasteiger partial charge in [0.05, 0.1) is 24.7 Å². The smallest absolute Gasteiger partial charge is 0.270 e. The topological polar surface area (TPSA) is 63.2 Å². The molecule has 0 saturated heterocycles. The van der Waals surface area contributed by atoms with E-state index in [0.717, 1.165) is 16.9 Å². The number of carbonyl (C=O) groups is 1. The Bertz CT molecular complexity index is 942. The van der Waals surface area contributed by atoms with E-state index in [1.807, 2.05) is 25.1 Å². The van der Waals surface area contributed by atoms with Crippen LogP contribution < -0.4 is 15.4 Å². The van der Waals surface area contributed by atoms with Gasteiger partial charge in [0.2, 0.25) is 0 Å². The molecule has 0 fully saturated rings. The van der Waals surface area contributed by atoms with Crippen LogP contribution in [-0.4, -0.2) is 18.0 Å². The Morgan fingerprint density at radius 3 is 2.67 bits per heavy atom. The van der Waals surface area contributed by atoms with E-state index >= 15 is 0 Å². The van der Waals surface area contributed by atoms with Gasteiger partial charge in [0, 0.05) is 12.1 Å². The first kappa shape index (κ1) is 18.4. The molecule has 0 saturated carbocycles. The Morgan fingerprint density at radius 1 is 1.15 bits per heavy atom. The zero-order chi connectivity index (χ0) is 19.2. The molecule has 1 aromatic heterocycles. The van der Waals surface area contributed by atoms with Gasteiger partial charge in [-0.3, -0.25) is 4.79 Å². The molecule has 1 amide bonds. The second-order valence-corrected chi connectivity index (χ2v) is 6.03. The standard InChI is InChI=1S/C21H20FN3O2/c1-14-7-10-20(27-2)19(11-14)25-16-8-9-18(23-13-16)21(26)24-12-15-5-3-4-6-17(15)22/h3-11,13,25H,12H2,1-2H3,(H,24,26). The molecule has 2 aromatic carbocycles. The Labute approximate surface area is 157 Å². The molecule has 0 radical (unpaired) electrons. The van der Waals surface area contributed by atoms with Gasteiger partial charge in [-0.05, 0) is 42.8 Å². The number of aryl methyl sites for hydroxylation is 1. The van der Waals surface area contributed by atoms with E-state index in [2.05, 4.69) is 15.6 Å². The zero-order valence-electron chi connectivity index (χ0n) is 15.1. The molecule has 0 aliphatic rings. The highest BCUT2D eigenvalue weighted by molar-refractivity contribution is 5.92. The summed E-state index contributed by atoms with van der Waals surface area (Å²) in [6.07, 6.45) is 1.57. The van der Waals surface area contributed by atoms with E-state index in [9.17, 15) is 9.18 Å². The maximum absolute atomic E-state index is 13.6. The maximum atomic E-state index is 13.6. The fourth-order valence-corrected chi connectivity index (χ4v) is 2.58. The first-order chi connectivity index (χ1) is 13.1. The number of pyridine rings is 1. The van der Waals surface area contributed by atoms with Crippen LogP contribution in [0.2, 0.25) is 0 Å². The fraction of sp³-hybridized carbons (Fsp3) is 0.143. The second-order valence-electron chi connectivity index (χ2n) is 6.03. The van der Waals surface area contributed by atoms with Crippen molar-refractivity contribution in [2.24, 2.45) is 0 Å². The van der Waals surface area contributed by atoms with Crippen molar-refractivity contribution in [3.05, 3.63) is 83.4 Å². The van der Waals surface area contributed by atoms with Crippen molar-refractivity contribution in [2.45, 2.75) is 13.5 Å². The summed E-state index contributed by atoms with van der Waals surface area (Å²) in [6.45, 7) is 2.10. The van der Waals surface area contributed by atoms with Crippen LogP contribution in [0.5, 0.6) is 5.75 Å². The highest BCUT2D eigenvalue weighted by atomic mass is 19.1. The number of carbonyl (C=O) groups excluding carboxylic acids is 1. The van der Waals surface area contributed by atoms with Gasteiger partial charge in [-0.25, -0.2) is 9.37 Å². The van der Waals surface area contributed by atoms with Gasteiger partial charge in [-0.1, -0.05) is 24.3 Å².